The molecule has 7 nitrogen and oxygen atoms in total. The molecule has 1 aromatic carbocycles. The molecule has 0 unspecified atom stereocenters. The zero-order chi connectivity index (χ0) is 17.5. The summed E-state index contributed by atoms with van der Waals surface area (Å²) < 4.78 is 25.9. The molecule has 0 atom stereocenters. The van der Waals surface area contributed by atoms with Gasteiger partial charge in [-0.05, 0) is 30.7 Å². The number of anilines is 1. The number of halogens is 2. The number of hydrogen-bond donors (Lipinski definition) is 3. The number of amides is 3. The highest BCUT2D eigenvalue weighted by molar-refractivity contribution is 7.90. The summed E-state index contributed by atoms with van der Waals surface area (Å²) in [7, 11) is -3.99. The first-order valence-corrected chi connectivity index (χ1v) is 9.11. The van der Waals surface area contributed by atoms with E-state index in [0.717, 1.165) is 12.8 Å². The largest absolute Gasteiger partial charge is 0.337 e. The van der Waals surface area contributed by atoms with E-state index in [9.17, 15) is 18.0 Å². The number of carbonyl (C=O) groups is 2. The Morgan fingerprint density at radius 3 is 2.30 bits per heavy atom. The van der Waals surface area contributed by atoms with Crippen LogP contribution >= 0.6 is 23.2 Å². The van der Waals surface area contributed by atoms with Gasteiger partial charge in [-0.15, -0.1) is 0 Å². The number of rotatable bonds is 7. The Kier molecular flexibility index (Phi) is 7.60. The van der Waals surface area contributed by atoms with Gasteiger partial charge in [-0.1, -0.05) is 36.5 Å². The third-order valence-electron chi connectivity index (χ3n) is 2.67. The summed E-state index contributed by atoms with van der Waals surface area (Å²) in [4.78, 5) is 21.5. The van der Waals surface area contributed by atoms with Gasteiger partial charge in [-0.25, -0.2) is 17.9 Å². The van der Waals surface area contributed by atoms with E-state index in [2.05, 4.69) is 10.6 Å². The molecule has 0 saturated carbocycles. The Hall–Kier alpha value is -1.51. The van der Waals surface area contributed by atoms with Gasteiger partial charge in [-0.3, -0.25) is 4.79 Å². The molecule has 0 saturated heterocycles. The van der Waals surface area contributed by atoms with E-state index in [1.165, 1.54) is 24.3 Å². The molecular formula is C13H17Cl2N3O4S. The number of hydrogen-bond acceptors (Lipinski definition) is 4. The Morgan fingerprint density at radius 2 is 1.78 bits per heavy atom. The van der Waals surface area contributed by atoms with E-state index in [1.807, 2.05) is 11.6 Å². The fourth-order valence-corrected chi connectivity index (χ4v) is 2.55. The lowest BCUT2D eigenvalue weighted by atomic mass is 10.3. The monoisotopic (exact) mass is 381 g/mol. The lowest BCUT2D eigenvalue weighted by molar-refractivity contribution is -0.114. The second kappa shape index (κ2) is 8.95. The molecule has 3 amide bonds. The second-order valence-corrected chi connectivity index (χ2v) is 7.31. The van der Waals surface area contributed by atoms with Crippen molar-refractivity contribution in [3.05, 3.63) is 24.3 Å². The second-order valence-electron chi connectivity index (χ2n) is 4.53. The van der Waals surface area contributed by atoms with Crippen molar-refractivity contribution in [1.82, 2.24) is 10.0 Å². The lowest BCUT2D eigenvalue weighted by Gasteiger charge is -2.09. The highest BCUT2D eigenvalue weighted by Gasteiger charge is 2.18. The van der Waals surface area contributed by atoms with Crippen molar-refractivity contribution in [3.8, 4) is 0 Å². The molecule has 3 N–H and O–H groups in total. The van der Waals surface area contributed by atoms with Gasteiger partial charge >= 0.3 is 6.03 Å². The molecule has 0 aliphatic heterocycles. The molecule has 0 aliphatic rings. The van der Waals surface area contributed by atoms with Gasteiger partial charge in [0.25, 0.3) is 15.9 Å². The smallest absolute Gasteiger partial charge is 0.328 e. The predicted molar refractivity (Wildman–Crippen MR) is 89.2 cm³/mol. The van der Waals surface area contributed by atoms with E-state index in [4.69, 9.17) is 23.2 Å². The molecule has 10 heteroatoms. The maximum absolute atomic E-state index is 12.0. The highest BCUT2D eigenvalue weighted by atomic mass is 35.5. The lowest BCUT2D eigenvalue weighted by Crippen LogP contribution is -2.39. The van der Waals surface area contributed by atoms with Crippen LogP contribution in [0.5, 0.6) is 0 Å². The summed E-state index contributed by atoms with van der Waals surface area (Å²) >= 11 is 10.8. The van der Waals surface area contributed by atoms with Crippen molar-refractivity contribution in [1.29, 1.82) is 0 Å². The summed E-state index contributed by atoms with van der Waals surface area (Å²) in [6.45, 7) is 2.34. The Balaban J connectivity index is 2.70. The predicted octanol–water partition coefficient (Wildman–Crippen LogP) is 2.22. The minimum atomic E-state index is -3.99. The fraction of sp³-hybridized carbons (Fsp3) is 0.385. The molecule has 0 spiro atoms. The van der Waals surface area contributed by atoms with Crippen LogP contribution in [0.3, 0.4) is 0 Å². The fourth-order valence-electron chi connectivity index (χ4n) is 1.51. The number of nitrogens with one attached hydrogen (secondary N) is 3. The van der Waals surface area contributed by atoms with Crippen LogP contribution < -0.4 is 15.4 Å². The Labute approximate surface area is 144 Å². The zero-order valence-electron chi connectivity index (χ0n) is 12.3. The maximum Gasteiger partial charge on any atom is 0.328 e. The first-order valence-electron chi connectivity index (χ1n) is 6.76. The molecule has 23 heavy (non-hydrogen) atoms. The Morgan fingerprint density at radius 1 is 1.17 bits per heavy atom. The van der Waals surface area contributed by atoms with Crippen molar-refractivity contribution >= 4 is 50.9 Å². The molecule has 0 heterocycles. The maximum atomic E-state index is 12.0. The number of alkyl halides is 2. The molecule has 0 aromatic heterocycles. The topological polar surface area (TPSA) is 104 Å². The third-order valence-corrected chi connectivity index (χ3v) is 4.42. The minimum absolute atomic E-state index is 0.116. The SMILES string of the molecule is CCCCNC(=O)NS(=O)(=O)c1ccc(NC(=O)C(Cl)Cl)cc1. The van der Waals surface area contributed by atoms with E-state index in [0.29, 0.717) is 12.2 Å². The van der Waals surface area contributed by atoms with Crippen LogP contribution in [0.4, 0.5) is 10.5 Å². The number of sulfonamides is 1. The minimum Gasteiger partial charge on any atom is -0.337 e. The van der Waals surface area contributed by atoms with E-state index in [1.54, 1.807) is 0 Å². The van der Waals surface area contributed by atoms with Crippen LogP contribution in [0.2, 0.25) is 0 Å². The van der Waals surface area contributed by atoms with E-state index < -0.39 is 26.8 Å². The molecule has 1 rings (SSSR count). The number of carbonyl (C=O) groups excluding carboxylic acids is 2. The number of unbranched alkanes of at least 4 members (excludes halogenated alkanes) is 1. The van der Waals surface area contributed by atoms with Crippen LogP contribution in [-0.4, -0.2) is 31.7 Å². The van der Waals surface area contributed by atoms with Crippen molar-refractivity contribution in [2.45, 2.75) is 29.5 Å². The van der Waals surface area contributed by atoms with E-state index in [-0.39, 0.29) is 4.90 Å². The van der Waals surface area contributed by atoms with Crippen LogP contribution in [-0.2, 0) is 14.8 Å². The van der Waals surface area contributed by atoms with Gasteiger partial charge < -0.3 is 10.6 Å². The van der Waals surface area contributed by atoms with Gasteiger partial charge in [0.1, 0.15) is 0 Å². The standard InChI is InChI=1S/C13H17Cl2N3O4S/c1-2-3-8-16-13(20)18-23(21,22)10-6-4-9(5-7-10)17-12(19)11(14)15/h4-7,11H,2-3,8H2,1H3,(H,17,19)(H2,16,18,20). The van der Waals surface area contributed by atoms with Gasteiger partial charge in [-0.2, -0.15) is 0 Å². The molecular weight excluding hydrogens is 365 g/mol. The average molecular weight is 382 g/mol. The summed E-state index contributed by atoms with van der Waals surface area (Å²) in [5, 5.41) is 4.84. The van der Waals surface area contributed by atoms with Gasteiger partial charge in [0.05, 0.1) is 4.90 Å². The summed E-state index contributed by atoms with van der Waals surface area (Å²) in [5.41, 5.74) is 0.327. The summed E-state index contributed by atoms with van der Waals surface area (Å²) in [6.07, 6.45) is 1.63. The molecule has 1 aromatic rings. The van der Waals surface area contributed by atoms with Crippen molar-refractivity contribution in [2.24, 2.45) is 0 Å². The molecule has 0 aliphatic carbocycles. The van der Waals surface area contributed by atoms with Gasteiger partial charge in [0.2, 0.25) is 0 Å². The summed E-state index contributed by atoms with van der Waals surface area (Å²) in [6, 6.07) is 4.42. The Bertz CT molecular complexity index is 648. The average Bonchev–Trinajstić information content (AvgIpc) is 2.47. The highest BCUT2D eigenvalue weighted by Crippen LogP contribution is 2.15. The molecule has 0 fully saturated rings. The molecule has 0 bridgehead atoms. The van der Waals surface area contributed by atoms with Crippen molar-refractivity contribution in [2.75, 3.05) is 11.9 Å². The van der Waals surface area contributed by atoms with Gasteiger partial charge in [0, 0.05) is 12.2 Å². The van der Waals surface area contributed by atoms with Crippen LogP contribution in [0.1, 0.15) is 19.8 Å². The third kappa shape index (κ3) is 6.64. The normalized spacial score (nSPS) is 11.1. The number of benzene rings is 1. The summed E-state index contributed by atoms with van der Waals surface area (Å²) in [5.74, 6) is -0.627. The number of urea groups is 1. The van der Waals surface area contributed by atoms with Crippen molar-refractivity contribution < 1.29 is 18.0 Å². The van der Waals surface area contributed by atoms with Crippen LogP contribution in [0, 0.1) is 0 Å². The first kappa shape index (κ1) is 19.5. The quantitative estimate of drug-likeness (QED) is 0.497. The zero-order valence-corrected chi connectivity index (χ0v) is 14.6. The van der Waals surface area contributed by atoms with E-state index >= 15 is 0 Å². The first-order chi connectivity index (χ1) is 10.8. The van der Waals surface area contributed by atoms with Crippen LogP contribution in [0.15, 0.2) is 29.2 Å². The molecule has 128 valence electrons. The van der Waals surface area contributed by atoms with Crippen LogP contribution in [0.25, 0.3) is 0 Å². The van der Waals surface area contributed by atoms with Gasteiger partial charge in [0.15, 0.2) is 4.84 Å². The van der Waals surface area contributed by atoms with Crippen molar-refractivity contribution in [3.63, 3.8) is 0 Å². The molecule has 0 radical (unpaired) electrons.